The molecular weight excluding hydrogens is 288 g/mol. The molecule has 0 aromatic carbocycles. The van der Waals surface area contributed by atoms with Crippen LogP contribution in [-0.4, -0.2) is 43.6 Å². The van der Waals surface area contributed by atoms with Gasteiger partial charge >= 0.3 is 12.3 Å². The second kappa shape index (κ2) is 6.70. The van der Waals surface area contributed by atoms with Crippen LogP contribution in [0.15, 0.2) is 18.3 Å². The largest absolute Gasteiger partial charge is 0.373 e. The lowest BCUT2D eigenvalue weighted by Gasteiger charge is -2.24. The van der Waals surface area contributed by atoms with Gasteiger partial charge in [0, 0.05) is 23.9 Å². The number of aryl methyl sites for hydroxylation is 1. The topological polar surface area (TPSA) is 34.1 Å². The van der Waals surface area contributed by atoms with E-state index in [4.69, 9.17) is 4.74 Å². The van der Waals surface area contributed by atoms with Crippen molar-refractivity contribution in [1.29, 1.82) is 0 Å². The molecule has 0 saturated heterocycles. The highest BCUT2D eigenvalue weighted by Crippen LogP contribution is 2.34. The van der Waals surface area contributed by atoms with Gasteiger partial charge in [0.2, 0.25) is 0 Å². The molecular formula is C14H18F4N2O. The smallest absolute Gasteiger partial charge is 0.330 e. The zero-order chi connectivity index (χ0) is 15.5. The minimum atomic E-state index is -4.11. The number of halogens is 4. The summed E-state index contributed by atoms with van der Waals surface area (Å²) in [5, 5.41) is 3.00. The molecule has 1 aromatic heterocycles. The van der Waals surface area contributed by atoms with Gasteiger partial charge in [-0.1, -0.05) is 6.07 Å². The summed E-state index contributed by atoms with van der Waals surface area (Å²) in [4.78, 5) is 4.33. The first-order chi connectivity index (χ1) is 9.95. The van der Waals surface area contributed by atoms with Crippen molar-refractivity contribution in [3.8, 4) is 0 Å². The number of nitrogens with zero attached hydrogens (tertiary/aromatic N) is 1. The van der Waals surface area contributed by atoms with E-state index in [-0.39, 0.29) is 18.6 Å². The maximum atomic E-state index is 12.8. The monoisotopic (exact) mass is 306 g/mol. The number of aromatic nitrogens is 1. The Morgan fingerprint density at radius 3 is 2.90 bits per heavy atom. The highest BCUT2D eigenvalue weighted by molar-refractivity contribution is 5.29. The molecule has 2 rings (SSSR count). The summed E-state index contributed by atoms with van der Waals surface area (Å²) in [5.74, 6) is -4.06. The first-order valence-corrected chi connectivity index (χ1v) is 6.80. The summed E-state index contributed by atoms with van der Waals surface area (Å²) in [6.45, 7) is -1.33. The second-order valence-corrected chi connectivity index (χ2v) is 5.16. The summed E-state index contributed by atoms with van der Waals surface area (Å²) in [6.07, 6.45) is -0.305. The minimum Gasteiger partial charge on any atom is -0.373 e. The fourth-order valence-electron chi connectivity index (χ4n) is 2.62. The molecule has 7 heteroatoms. The highest BCUT2D eigenvalue weighted by atomic mass is 19.3. The number of pyridine rings is 1. The van der Waals surface area contributed by atoms with Gasteiger partial charge in [0.25, 0.3) is 0 Å². The number of rotatable bonds is 7. The van der Waals surface area contributed by atoms with Crippen LogP contribution in [0.5, 0.6) is 0 Å². The molecule has 2 atom stereocenters. The van der Waals surface area contributed by atoms with Crippen LogP contribution in [0.3, 0.4) is 0 Å². The zero-order valence-electron chi connectivity index (χ0n) is 11.7. The zero-order valence-corrected chi connectivity index (χ0v) is 11.7. The number of hydrogen-bond acceptors (Lipinski definition) is 3. The van der Waals surface area contributed by atoms with Crippen LogP contribution in [0.2, 0.25) is 0 Å². The maximum Gasteiger partial charge on any atom is 0.330 e. The van der Waals surface area contributed by atoms with Crippen molar-refractivity contribution < 1.29 is 22.3 Å². The fourth-order valence-corrected chi connectivity index (χ4v) is 2.62. The van der Waals surface area contributed by atoms with Crippen LogP contribution in [0.25, 0.3) is 0 Å². The molecule has 0 saturated carbocycles. The predicted molar refractivity (Wildman–Crippen MR) is 69.9 cm³/mol. The Hall–Kier alpha value is -1.21. The molecule has 1 aromatic rings. The Morgan fingerprint density at radius 1 is 1.48 bits per heavy atom. The Balaban J connectivity index is 1.93. The molecule has 0 amide bonds. The van der Waals surface area contributed by atoms with Crippen LogP contribution < -0.4 is 5.32 Å². The van der Waals surface area contributed by atoms with E-state index in [0.717, 1.165) is 24.1 Å². The van der Waals surface area contributed by atoms with Gasteiger partial charge in [-0.25, -0.2) is 8.78 Å². The summed E-state index contributed by atoms with van der Waals surface area (Å²) in [5.41, 5.74) is 2.07. The summed E-state index contributed by atoms with van der Waals surface area (Å²) in [6, 6.07) is 3.62. The van der Waals surface area contributed by atoms with Gasteiger partial charge in [-0.05, 0) is 31.5 Å². The predicted octanol–water partition coefficient (Wildman–Crippen LogP) is 2.62. The lowest BCUT2D eigenvalue weighted by atomic mass is 9.97. The third kappa shape index (κ3) is 3.71. The standard InChI is InChI=1S/C14H18F4N2O/c1-19-11(7-21-8-14(17,18)13(15)16)10-5-4-9-3-2-6-20-12(9)10/h2-3,6,10-11,13,19H,4-5,7-8H2,1H3. The molecule has 1 heterocycles. The quantitative estimate of drug-likeness (QED) is 0.786. The first kappa shape index (κ1) is 16.2. The van der Waals surface area contributed by atoms with Crippen LogP contribution in [-0.2, 0) is 11.2 Å². The van der Waals surface area contributed by atoms with E-state index in [2.05, 4.69) is 10.3 Å². The summed E-state index contributed by atoms with van der Waals surface area (Å²) in [7, 11) is 1.69. The van der Waals surface area contributed by atoms with Gasteiger partial charge in [0.15, 0.2) is 0 Å². The van der Waals surface area contributed by atoms with E-state index in [1.807, 2.05) is 12.1 Å². The Morgan fingerprint density at radius 2 is 2.24 bits per heavy atom. The Bertz CT molecular complexity index is 470. The average Bonchev–Trinajstić information content (AvgIpc) is 2.87. The second-order valence-electron chi connectivity index (χ2n) is 5.16. The molecule has 0 fully saturated rings. The van der Waals surface area contributed by atoms with Gasteiger partial charge in [-0.15, -0.1) is 0 Å². The van der Waals surface area contributed by atoms with Crippen LogP contribution in [0.1, 0.15) is 23.6 Å². The molecule has 0 aliphatic heterocycles. The third-order valence-electron chi connectivity index (χ3n) is 3.77. The normalized spacial score (nSPS) is 19.8. The lowest BCUT2D eigenvalue weighted by Crippen LogP contribution is -2.39. The minimum absolute atomic E-state index is 0.0476. The number of likely N-dealkylation sites (N-methyl/N-ethyl adjacent to an activating group) is 1. The van der Waals surface area contributed by atoms with E-state index >= 15 is 0 Å². The van der Waals surface area contributed by atoms with Gasteiger partial charge in [-0.3, -0.25) is 4.98 Å². The Labute approximate surface area is 120 Å². The van der Waals surface area contributed by atoms with Crippen molar-refractivity contribution >= 4 is 0 Å². The van der Waals surface area contributed by atoms with Crippen molar-refractivity contribution in [1.82, 2.24) is 10.3 Å². The number of ether oxygens (including phenoxy) is 1. The van der Waals surface area contributed by atoms with Gasteiger partial charge in [0.1, 0.15) is 6.61 Å². The van der Waals surface area contributed by atoms with Crippen molar-refractivity contribution in [2.75, 3.05) is 20.3 Å². The molecule has 118 valence electrons. The van der Waals surface area contributed by atoms with Gasteiger partial charge in [-0.2, -0.15) is 8.78 Å². The van der Waals surface area contributed by atoms with E-state index in [1.54, 1.807) is 13.2 Å². The molecule has 3 nitrogen and oxygen atoms in total. The fraction of sp³-hybridized carbons (Fsp3) is 0.643. The third-order valence-corrected chi connectivity index (χ3v) is 3.77. The van der Waals surface area contributed by atoms with Gasteiger partial charge in [0.05, 0.1) is 6.61 Å². The first-order valence-electron chi connectivity index (χ1n) is 6.80. The van der Waals surface area contributed by atoms with Crippen molar-refractivity contribution in [3.63, 3.8) is 0 Å². The summed E-state index contributed by atoms with van der Waals surface area (Å²) < 4.78 is 54.6. The number of alkyl halides is 4. The molecule has 1 N–H and O–H groups in total. The molecule has 0 spiro atoms. The van der Waals surface area contributed by atoms with E-state index in [0.29, 0.717) is 0 Å². The van der Waals surface area contributed by atoms with Crippen molar-refractivity contribution in [2.45, 2.75) is 37.1 Å². The molecule has 1 aliphatic carbocycles. The number of hydrogen-bond donors (Lipinski definition) is 1. The average molecular weight is 306 g/mol. The number of nitrogens with one attached hydrogen (secondary N) is 1. The Kier molecular flexibility index (Phi) is 5.16. The molecule has 2 unspecified atom stereocenters. The van der Waals surface area contributed by atoms with Crippen molar-refractivity contribution in [2.24, 2.45) is 0 Å². The van der Waals surface area contributed by atoms with Crippen molar-refractivity contribution in [3.05, 3.63) is 29.6 Å². The van der Waals surface area contributed by atoms with Crippen LogP contribution >= 0.6 is 0 Å². The van der Waals surface area contributed by atoms with Crippen LogP contribution in [0.4, 0.5) is 17.6 Å². The number of fused-ring (bicyclic) bond motifs is 1. The SMILES string of the molecule is CNC(COCC(F)(F)C(F)F)C1CCc2cccnc21. The van der Waals surface area contributed by atoms with E-state index in [1.165, 1.54) is 0 Å². The maximum absolute atomic E-state index is 12.8. The molecule has 1 aliphatic rings. The molecule has 21 heavy (non-hydrogen) atoms. The highest BCUT2D eigenvalue weighted by Gasteiger charge is 2.41. The van der Waals surface area contributed by atoms with Gasteiger partial charge < -0.3 is 10.1 Å². The molecule has 0 bridgehead atoms. The van der Waals surface area contributed by atoms with E-state index < -0.39 is 19.0 Å². The summed E-state index contributed by atoms with van der Waals surface area (Å²) >= 11 is 0. The van der Waals surface area contributed by atoms with E-state index in [9.17, 15) is 17.6 Å². The lowest BCUT2D eigenvalue weighted by molar-refractivity contribution is -0.167. The molecule has 0 radical (unpaired) electrons. The van der Waals surface area contributed by atoms with Crippen LogP contribution in [0, 0.1) is 0 Å².